The number of anilines is 1. The van der Waals surface area contributed by atoms with E-state index in [0.717, 1.165) is 15.7 Å². The molecule has 0 heterocycles. The van der Waals surface area contributed by atoms with E-state index in [-0.39, 0.29) is 30.7 Å². The van der Waals surface area contributed by atoms with E-state index in [9.17, 15) is 9.59 Å². The number of alkyl halides is 1. The molecule has 0 aliphatic heterocycles. The van der Waals surface area contributed by atoms with E-state index in [1.807, 2.05) is 25.1 Å². The lowest BCUT2D eigenvalue weighted by Crippen LogP contribution is -2.28. The van der Waals surface area contributed by atoms with Gasteiger partial charge in [-0.3, -0.25) is 9.59 Å². The van der Waals surface area contributed by atoms with Crippen LogP contribution in [-0.4, -0.2) is 24.2 Å². The smallest absolute Gasteiger partial charge is 0.234 e. The van der Waals surface area contributed by atoms with Crippen LogP contribution >= 0.6 is 27.5 Å². The van der Waals surface area contributed by atoms with E-state index in [2.05, 4.69) is 26.6 Å². The van der Waals surface area contributed by atoms with Gasteiger partial charge in [-0.05, 0) is 30.7 Å². The van der Waals surface area contributed by atoms with Crippen molar-refractivity contribution >= 4 is 45.0 Å². The van der Waals surface area contributed by atoms with E-state index < -0.39 is 0 Å². The molecule has 0 atom stereocenters. The van der Waals surface area contributed by atoms with Gasteiger partial charge in [-0.1, -0.05) is 15.9 Å². The first-order chi connectivity index (χ1) is 8.52. The number of hydrogen-bond acceptors (Lipinski definition) is 2. The molecular formula is C12H14BrClN2O2. The van der Waals surface area contributed by atoms with Crippen LogP contribution in [0.1, 0.15) is 12.0 Å². The molecule has 0 saturated carbocycles. The van der Waals surface area contributed by atoms with Crippen molar-refractivity contribution in [2.45, 2.75) is 13.3 Å². The Morgan fingerprint density at radius 3 is 2.67 bits per heavy atom. The minimum absolute atomic E-state index is 0.0898. The van der Waals surface area contributed by atoms with Crippen LogP contribution in [0.4, 0.5) is 5.69 Å². The summed E-state index contributed by atoms with van der Waals surface area (Å²) in [6, 6.07) is 5.61. The largest absolute Gasteiger partial charge is 0.355 e. The zero-order chi connectivity index (χ0) is 13.5. The van der Waals surface area contributed by atoms with Crippen molar-refractivity contribution in [3.63, 3.8) is 0 Å². The highest BCUT2D eigenvalue weighted by Gasteiger charge is 2.05. The molecule has 0 saturated heterocycles. The Kier molecular flexibility index (Phi) is 6.15. The first-order valence-electron chi connectivity index (χ1n) is 5.41. The minimum Gasteiger partial charge on any atom is -0.355 e. The molecule has 0 spiro atoms. The van der Waals surface area contributed by atoms with Crippen LogP contribution in [0.15, 0.2) is 22.7 Å². The fraction of sp³-hybridized carbons (Fsp3) is 0.333. The molecule has 0 bridgehead atoms. The van der Waals surface area contributed by atoms with E-state index in [1.165, 1.54) is 0 Å². The Labute approximate surface area is 119 Å². The number of hydrogen-bond donors (Lipinski definition) is 2. The predicted octanol–water partition coefficient (Wildman–Crippen LogP) is 2.44. The van der Waals surface area contributed by atoms with Crippen molar-refractivity contribution in [3.05, 3.63) is 28.2 Å². The molecule has 98 valence electrons. The maximum atomic E-state index is 11.6. The van der Waals surface area contributed by atoms with Gasteiger partial charge in [0.2, 0.25) is 11.8 Å². The van der Waals surface area contributed by atoms with Gasteiger partial charge in [0.1, 0.15) is 5.88 Å². The summed E-state index contributed by atoms with van der Waals surface area (Å²) >= 11 is 8.67. The van der Waals surface area contributed by atoms with Gasteiger partial charge < -0.3 is 10.6 Å². The Balaban J connectivity index is 2.42. The summed E-state index contributed by atoms with van der Waals surface area (Å²) in [4.78, 5) is 22.5. The highest BCUT2D eigenvalue weighted by molar-refractivity contribution is 9.10. The van der Waals surface area contributed by atoms with Gasteiger partial charge in [0.05, 0.1) is 0 Å². The normalized spacial score (nSPS) is 9.94. The first-order valence-corrected chi connectivity index (χ1v) is 6.74. The van der Waals surface area contributed by atoms with Gasteiger partial charge in [0.25, 0.3) is 0 Å². The number of benzene rings is 1. The molecular weight excluding hydrogens is 320 g/mol. The molecule has 2 N–H and O–H groups in total. The topological polar surface area (TPSA) is 58.2 Å². The lowest BCUT2D eigenvalue weighted by molar-refractivity contribution is -0.119. The standard InChI is InChI=1S/C12H14BrClN2O2/c1-8-6-9(13)2-3-10(8)16-11(17)4-5-15-12(18)7-14/h2-3,6H,4-5,7H2,1H3,(H,15,18)(H,16,17). The van der Waals surface area contributed by atoms with Crippen LogP contribution in [0.25, 0.3) is 0 Å². The van der Waals surface area contributed by atoms with Crippen molar-refractivity contribution < 1.29 is 9.59 Å². The molecule has 0 unspecified atom stereocenters. The molecule has 0 aliphatic carbocycles. The number of halogens is 2. The first kappa shape index (κ1) is 15.0. The molecule has 0 radical (unpaired) electrons. The maximum Gasteiger partial charge on any atom is 0.234 e. The van der Waals surface area contributed by atoms with Crippen LogP contribution in [0.3, 0.4) is 0 Å². The highest BCUT2D eigenvalue weighted by atomic mass is 79.9. The summed E-state index contributed by atoms with van der Waals surface area (Å²) in [6.07, 6.45) is 0.220. The van der Waals surface area contributed by atoms with E-state index in [0.29, 0.717) is 0 Å². The fourth-order valence-electron chi connectivity index (χ4n) is 1.34. The predicted molar refractivity (Wildman–Crippen MR) is 75.9 cm³/mol. The van der Waals surface area contributed by atoms with Gasteiger partial charge in [0, 0.05) is 23.1 Å². The van der Waals surface area contributed by atoms with Gasteiger partial charge >= 0.3 is 0 Å². The monoisotopic (exact) mass is 332 g/mol. The van der Waals surface area contributed by atoms with Crippen molar-refractivity contribution in [2.24, 2.45) is 0 Å². The SMILES string of the molecule is Cc1cc(Br)ccc1NC(=O)CCNC(=O)CCl. The van der Waals surface area contributed by atoms with Gasteiger partial charge in [-0.2, -0.15) is 0 Å². The summed E-state index contributed by atoms with van der Waals surface area (Å²) in [5.41, 5.74) is 1.74. The molecule has 18 heavy (non-hydrogen) atoms. The van der Waals surface area contributed by atoms with E-state index in [1.54, 1.807) is 0 Å². The number of amides is 2. The second-order valence-electron chi connectivity index (χ2n) is 3.74. The van der Waals surface area contributed by atoms with Gasteiger partial charge in [0.15, 0.2) is 0 Å². The molecule has 1 aromatic rings. The van der Waals surface area contributed by atoms with Gasteiger partial charge in [-0.15, -0.1) is 11.6 Å². The summed E-state index contributed by atoms with van der Waals surface area (Å²) < 4.78 is 0.965. The summed E-state index contributed by atoms with van der Waals surface area (Å²) in [6.45, 7) is 2.20. The van der Waals surface area contributed by atoms with Crippen LogP contribution in [0.5, 0.6) is 0 Å². The number of rotatable bonds is 5. The average molecular weight is 334 g/mol. The van der Waals surface area contributed by atoms with E-state index >= 15 is 0 Å². The quantitative estimate of drug-likeness (QED) is 0.813. The number of carbonyl (C=O) groups is 2. The van der Waals surface area contributed by atoms with Crippen LogP contribution in [0.2, 0.25) is 0 Å². The minimum atomic E-state index is -0.274. The van der Waals surface area contributed by atoms with Crippen LogP contribution in [-0.2, 0) is 9.59 Å². The number of nitrogens with one attached hydrogen (secondary N) is 2. The average Bonchev–Trinajstić information content (AvgIpc) is 2.32. The zero-order valence-electron chi connectivity index (χ0n) is 9.93. The molecule has 6 heteroatoms. The molecule has 0 aliphatic rings. The van der Waals surface area contributed by atoms with Crippen molar-refractivity contribution in [1.29, 1.82) is 0 Å². The lowest BCUT2D eigenvalue weighted by atomic mass is 10.2. The molecule has 1 rings (SSSR count). The van der Waals surface area contributed by atoms with Crippen LogP contribution in [0, 0.1) is 6.92 Å². The third kappa shape index (κ3) is 5.06. The lowest BCUT2D eigenvalue weighted by Gasteiger charge is -2.09. The second-order valence-corrected chi connectivity index (χ2v) is 4.92. The third-order valence-corrected chi connectivity index (χ3v) is 2.99. The molecule has 1 aromatic carbocycles. The highest BCUT2D eigenvalue weighted by Crippen LogP contribution is 2.19. The van der Waals surface area contributed by atoms with Crippen molar-refractivity contribution in [1.82, 2.24) is 5.32 Å². The molecule has 4 nitrogen and oxygen atoms in total. The second kappa shape index (κ2) is 7.38. The molecule has 0 aromatic heterocycles. The van der Waals surface area contributed by atoms with Crippen LogP contribution < -0.4 is 10.6 Å². The third-order valence-electron chi connectivity index (χ3n) is 2.26. The Hall–Kier alpha value is -1.07. The zero-order valence-corrected chi connectivity index (χ0v) is 12.3. The summed E-state index contributed by atoms with van der Waals surface area (Å²) in [5, 5.41) is 5.32. The van der Waals surface area contributed by atoms with E-state index in [4.69, 9.17) is 11.6 Å². The molecule has 0 fully saturated rings. The summed E-state index contributed by atoms with van der Waals surface area (Å²) in [5.74, 6) is -0.507. The summed E-state index contributed by atoms with van der Waals surface area (Å²) in [7, 11) is 0. The number of aryl methyl sites for hydroxylation is 1. The van der Waals surface area contributed by atoms with Crippen molar-refractivity contribution in [2.75, 3.05) is 17.7 Å². The Bertz CT molecular complexity index is 452. The fourth-order valence-corrected chi connectivity index (χ4v) is 1.91. The Morgan fingerprint density at radius 1 is 1.33 bits per heavy atom. The maximum absolute atomic E-state index is 11.6. The molecule has 2 amide bonds. The van der Waals surface area contributed by atoms with Crippen molar-refractivity contribution in [3.8, 4) is 0 Å². The Morgan fingerprint density at radius 2 is 2.06 bits per heavy atom. The van der Waals surface area contributed by atoms with Gasteiger partial charge in [-0.25, -0.2) is 0 Å². The number of carbonyl (C=O) groups excluding carboxylic acids is 2.